The zero-order valence-electron chi connectivity index (χ0n) is 22.2. The molecule has 0 saturated heterocycles. The van der Waals surface area contributed by atoms with Crippen LogP contribution in [0.15, 0.2) is 48.5 Å². The summed E-state index contributed by atoms with van der Waals surface area (Å²) >= 11 is 6.22. The monoisotopic (exact) mass is 676 g/mol. The molecule has 0 radical (unpaired) electrons. The van der Waals surface area contributed by atoms with Gasteiger partial charge >= 0.3 is 58.6 Å². The number of rotatable bonds is 4. The molecule has 0 aromatic heterocycles. The Bertz CT molecular complexity index is 1150. The number of hydrogen-bond acceptors (Lipinski definition) is 0. The Labute approximate surface area is 227 Å². The zero-order chi connectivity index (χ0) is 25.4. The number of fused-ring (bicyclic) bond motifs is 2. The van der Waals surface area contributed by atoms with Crippen molar-refractivity contribution in [2.75, 3.05) is 0 Å². The maximum absolute atomic E-state index is 3.60. The number of hydrogen-bond donors (Lipinski definition) is 0. The first-order valence-corrected chi connectivity index (χ1v) is 29.8. The fraction of sp³-hybridized carbons (Fsp3) is 0.400. The van der Waals surface area contributed by atoms with Gasteiger partial charge in [-0.15, -0.1) is 68.1 Å². The predicted octanol–water partition coefficient (Wildman–Crippen LogP) is 10.7. The Kier molecular flexibility index (Phi) is 12.7. The summed E-state index contributed by atoms with van der Waals surface area (Å²) in [6.45, 7) is 17.9. The number of halogens is 2. The molecule has 4 heteroatoms. The van der Waals surface area contributed by atoms with E-state index in [0.29, 0.717) is 0 Å². The van der Waals surface area contributed by atoms with E-state index in [-0.39, 0.29) is 5.43 Å². The van der Waals surface area contributed by atoms with Crippen molar-refractivity contribution in [2.45, 2.75) is 80.3 Å². The van der Waals surface area contributed by atoms with Crippen LogP contribution in [0, 0.1) is 27.7 Å². The van der Waals surface area contributed by atoms with E-state index in [1.54, 1.807) is 0 Å². The van der Waals surface area contributed by atoms with E-state index in [1.165, 1.54) is 80.6 Å². The third-order valence-corrected chi connectivity index (χ3v) is 40.6. The van der Waals surface area contributed by atoms with Crippen LogP contribution in [0.2, 0.25) is 13.1 Å². The Morgan fingerprint density at radius 1 is 0.706 bits per heavy atom. The van der Waals surface area contributed by atoms with E-state index in [2.05, 4.69) is 128 Å². The van der Waals surface area contributed by atoms with Gasteiger partial charge in [-0.2, -0.15) is 12.1 Å². The molecular formula is C30H40Br2SiZr-2. The van der Waals surface area contributed by atoms with Gasteiger partial charge in [-0.05, 0) is 12.8 Å². The Morgan fingerprint density at radius 3 is 1.35 bits per heavy atom. The second-order valence-corrected chi connectivity index (χ2v) is 47.5. The van der Waals surface area contributed by atoms with Crippen molar-refractivity contribution in [3.63, 3.8) is 0 Å². The van der Waals surface area contributed by atoms with E-state index in [4.69, 9.17) is 0 Å². The molecule has 0 unspecified atom stereocenters. The van der Waals surface area contributed by atoms with Crippen LogP contribution >= 0.6 is 24.4 Å². The molecular weight excluding hydrogens is 639 g/mol. The first kappa shape index (κ1) is 29.9. The van der Waals surface area contributed by atoms with Crippen LogP contribution in [0.25, 0.3) is 21.5 Å². The number of benzene rings is 2. The normalized spacial score (nSPS) is 10.5. The average Bonchev–Trinajstić information content (AvgIpc) is 3.37. The molecule has 0 heterocycles. The van der Waals surface area contributed by atoms with Crippen molar-refractivity contribution >= 4 is 51.4 Å². The molecule has 0 N–H and O–H groups in total. The molecule has 34 heavy (non-hydrogen) atoms. The van der Waals surface area contributed by atoms with Gasteiger partial charge < -0.3 is 0 Å². The average molecular weight is 680 g/mol. The summed E-state index contributed by atoms with van der Waals surface area (Å²) in [7, 11) is 0. The van der Waals surface area contributed by atoms with Gasteiger partial charge in [-0.25, -0.2) is 0 Å². The van der Waals surface area contributed by atoms with Gasteiger partial charge in [-0.1, -0.05) is 77.6 Å². The first-order chi connectivity index (χ1) is 16.1. The molecule has 0 nitrogen and oxygen atoms in total. The Hall–Kier alpha value is -0.280. The van der Waals surface area contributed by atoms with E-state index in [0.717, 1.165) is 0 Å². The fourth-order valence-electron chi connectivity index (χ4n) is 4.27. The molecule has 0 aliphatic carbocycles. The summed E-state index contributed by atoms with van der Waals surface area (Å²) in [4.78, 5) is 0. The van der Waals surface area contributed by atoms with Crippen LogP contribution in [0.4, 0.5) is 0 Å². The summed E-state index contributed by atoms with van der Waals surface area (Å²) in [6, 6.07) is 18.3. The molecule has 4 aromatic rings. The van der Waals surface area contributed by atoms with Crippen molar-refractivity contribution < 1.29 is 15.7 Å². The molecule has 0 atom stereocenters. The van der Waals surface area contributed by atoms with Crippen LogP contribution < -0.4 is 0 Å². The molecule has 0 aliphatic rings. The summed E-state index contributed by atoms with van der Waals surface area (Å²) in [5.74, 6) is 0. The summed E-state index contributed by atoms with van der Waals surface area (Å²) in [6.07, 6.45) is 4.84. The predicted molar refractivity (Wildman–Crippen MR) is 161 cm³/mol. The molecule has 0 aliphatic heterocycles. The van der Waals surface area contributed by atoms with Gasteiger partial charge in [0.1, 0.15) is 0 Å². The first-order valence-electron chi connectivity index (χ1n) is 12.4. The van der Waals surface area contributed by atoms with Crippen LogP contribution in [0.3, 0.4) is 0 Å². The molecule has 4 aromatic carbocycles. The van der Waals surface area contributed by atoms with Crippen LogP contribution in [-0.4, -0.2) is 5.43 Å². The van der Waals surface area contributed by atoms with Crippen molar-refractivity contribution in [2.24, 2.45) is 0 Å². The quantitative estimate of drug-likeness (QED) is 0.149. The standard InChI is InChI=1S/2C14H17.C2H6Si.2BrH.Zr/c2*1-4-5-12-7-6-11(3)13-8-10(2)9-14(12)13;1-3-2;;;/h2*6-9H,4-5H2,1-3H3;1-2H3;2*1H;/q2*-1;;;;+2/p-2. The van der Waals surface area contributed by atoms with Crippen LogP contribution in [-0.2, 0) is 28.5 Å². The fourth-order valence-corrected chi connectivity index (χ4v) is 4.27. The molecule has 0 amide bonds. The third kappa shape index (κ3) is 8.39. The minimum absolute atomic E-state index is 0.0784. The summed E-state index contributed by atoms with van der Waals surface area (Å²) in [5, 5.41) is 5.80. The molecule has 184 valence electrons. The minimum atomic E-state index is -0.973. The SMILES string of the molecule is CCCc1ccc(C)c2[cH-]c(C)cc12.CCCc1ccc(C)c2[cH-]c(C)cc12.C[Si](C)=[Zr]([Br])[Br]. The maximum atomic E-state index is 3.60. The Balaban J connectivity index is 0.000000196. The van der Waals surface area contributed by atoms with E-state index in [1.807, 2.05) is 0 Å². The van der Waals surface area contributed by atoms with Crippen molar-refractivity contribution in [3.05, 3.63) is 81.9 Å². The van der Waals surface area contributed by atoms with Gasteiger partial charge in [-0.3, -0.25) is 0 Å². The van der Waals surface area contributed by atoms with Crippen molar-refractivity contribution in [3.8, 4) is 0 Å². The van der Waals surface area contributed by atoms with Gasteiger partial charge in [0.05, 0.1) is 0 Å². The van der Waals surface area contributed by atoms with E-state index < -0.39 is 15.7 Å². The third-order valence-electron chi connectivity index (χ3n) is 6.10. The van der Waals surface area contributed by atoms with Crippen molar-refractivity contribution in [1.82, 2.24) is 0 Å². The Morgan fingerprint density at radius 2 is 1.06 bits per heavy atom. The summed E-state index contributed by atoms with van der Waals surface area (Å²) in [5.41, 5.74) is 8.64. The molecule has 0 spiro atoms. The van der Waals surface area contributed by atoms with Gasteiger partial charge in [0.25, 0.3) is 0 Å². The topological polar surface area (TPSA) is 0 Å². The second kappa shape index (κ2) is 14.5. The van der Waals surface area contributed by atoms with E-state index in [9.17, 15) is 0 Å². The molecule has 0 fully saturated rings. The second-order valence-electron chi connectivity index (χ2n) is 9.56. The van der Waals surface area contributed by atoms with Gasteiger partial charge in [0.2, 0.25) is 0 Å². The van der Waals surface area contributed by atoms with Crippen LogP contribution in [0.1, 0.15) is 60.1 Å². The van der Waals surface area contributed by atoms with Crippen molar-refractivity contribution in [1.29, 1.82) is 0 Å². The van der Waals surface area contributed by atoms with E-state index >= 15 is 0 Å². The summed E-state index contributed by atoms with van der Waals surface area (Å²) < 4.78 is 0. The number of aryl methyl sites for hydroxylation is 6. The molecule has 0 bridgehead atoms. The van der Waals surface area contributed by atoms with Gasteiger partial charge in [0.15, 0.2) is 0 Å². The zero-order valence-corrected chi connectivity index (χ0v) is 28.8. The molecule has 4 rings (SSSR count). The van der Waals surface area contributed by atoms with Gasteiger partial charge in [0, 0.05) is 0 Å². The van der Waals surface area contributed by atoms with Crippen LogP contribution in [0.5, 0.6) is 0 Å². The molecule has 0 saturated carbocycles.